The number of nitrogens with one attached hydrogen (secondary N) is 1. The van der Waals surface area contributed by atoms with Crippen molar-refractivity contribution >= 4 is 22.5 Å². The average molecular weight is 438 g/mol. The Morgan fingerprint density at radius 3 is 2.62 bits per heavy atom. The van der Waals surface area contributed by atoms with Gasteiger partial charge in [-0.1, -0.05) is 26.0 Å². The minimum atomic E-state index is -1.84. The van der Waals surface area contributed by atoms with Crippen LogP contribution in [-0.2, 0) is 11.8 Å². The van der Waals surface area contributed by atoms with Gasteiger partial charge in [-0.2, -0.15) is 5.10 Å². The Morgan fingerprint density at radius 1 is 1.16 bits per heavy atom. The van der Waals surface area contributed by atoms with Crippen LogP contribution in [0.4, 0.5) is 10.2 Å². The van der Waals surface area contributed by atoms with E-state index in [-0.39, 0.29) is 12.8 Å². The largest absolute Gasteiger partial charge is 0.308 e. The number of piperidine rings is 1. The minimum Gasteiger partial charge on any atom is -0.308 e. The van der Waals surface area contributed by atoms with Crippen LogP contribution in [0, 0.1) is 5.92 Å². The molecule has 3 aromatic rings. The lowest BCUT2D eigenvalue weighted by Crippen LogP contribution is -2.49. The lowest BCUT2D eigenvalue weighted by Gasteiger charge is -2.35. The summed E-state index contributed by atoms with van der Waals surface area (Å²) in [6.07, 6.45) is 8.21. The van der Waals surface area contributed by atoms with Gasteiger partial charge in [0, 0.05) is 56.3 Å². The number of fused-ring (bicyclic) bond motifs is 1. The minimum absolute atomic E-state index is 0.221. The lowest BCUT2D eigenvalue weighted by molar-refractivity contribution is -0.130. The molecule has 3 heterocycles. The molecule has 1 aliphatic rings. The molecule has 6 nitrogen and oxygen atoms in total. The summed E-state index contributed by atoms with van der Waals surface area (Å²) in [7, 11) is 1.88. The Bertz CT molecular complexity index is 1080. The maximum atomic E-state index is 15.4. The first-order valence-electron chi connectivity index (χ1n) is 11.4. The number of carbonyl (C=O) groups is 1. The third-order valence-corrected chi connectivity index (χ3v) is 6.31. The Balaban J connectivity index is 1.41. The number of anilines is 1. The molecule has 2 aromatic heterocycles. The summed E-state index contributed by atoms with van der Waals surface area (Å²) < 4.78 is 17.2. The molecule has 1 N–H and O–H groups in total. The molecule has 0 unspecified atom stereocenters. The number of nitrogens with zero attached hydrogens (tertiary/aromatic N) is 4. The molecule has 1 aromatic carbocycles. The number of hydrogen-bond acceptors (Lipinski definition) is 4. The molecular formula is C25H32FN5O. The first kappa shape index (κ1) is 22.4. The number of aryl methyl sites for hydroxylation is 1. The van der Waals surface area contributed by atoms with Crippen molar-refractivity contribution in [2.75, 3.05) is 25.0 Å². The van der Waals surface area contributed by atoms with Crippen molar-refractivity contribution in [3.05, 3.63) is 42.9 Å². The Morgan fingerprint density at radius 2 is 1.94 bits per heavy atom. The smallest absolute Gasteiger partial charge is 0.263 e. The molecule has 0 aliphatic carbocycles. The third kappa shape index (κ3) is 5.15. The lowest BCUT2D eigenvalue weighted by atomic mass is 9.92. The molecule has 1 fully saturated rings. The topological polar surface area (TPSA) is 63.1 Å². The maximum Gasteiger partial charge on any atom is 0.263 e. The number of likely N-dealkylation sites (tertiary alicyclic amines) is 1. The molecule has 1 amide bonds. The van der Waals surface area contributed by atoms with Crippen molar-refractivity contribution in [3.63, 3.8) is 0 Å². The quantitative estimate of drug-likeness (QED) is 0.576. The van der Waals surface area contributed by atoms with E-state index in [4.69, 9.17) is 0 Å². The zero-order chi connectivity index (χ0) is 22.7. The predicted molar refractivity (Wildman–Crippen MR) is 126 cm³/mol. The number of aromatic nitrogens is 3. The normalized spacial score (nSPS) is 16.5. The summed E-state index contributed by atoms with van der Waals surface area (Å²) in [5.74, 6) is 0.470. The highest BCUT2D eigenvalue weighted by Gasteiger charge is 2.41. The van der Waals surface area contributed by atoms with Gasteiger partial charge in [-0.25, -0.2) is 9.37 Å². The highest BCUT2D eigenvalue weighted by atomic mass is 19.1. The second-order valence-corrected chi connectivity index (χ2v) is 9.33. The second kappa shape index (κ2) is 9.36. The highest BCUT2D eigenvalue weighted by molar-refractivity contribution is 5.98. The average Bonchev–Trinajstić information content (AvgIpc) is 3.21. The summed E-state index contributed by atoms with van der Waals surface area (Å²) >= 11 is 0. The fraction of sp³-hybridized carbons (Fsp3) is 0.480. The van der Waals surface area contributed by atoms with Crippen LogP contribution < -0.4 is 5.32 Å². The highest BCUT2D eigenvalue weighted by Crippen LogP contribution is 2.29. The van der Waals surface area contributed by atoms with Crippen LogP contribution in [0.2, 0.25) is 0 Å². The zero-order valence-corrected chi connectivity index (χ0v) is 19.1. The first-order valence-corrected chi connectivity index (χ1v) is 11.4. The van der Waals surface area contributed by atoms with Gasteiger partial charge in [0.2, 0.25) is 0 Å². The number of pyridine rings is 1. The summed E-state index contributed by atoms with van der Waals surface area (Å²) in [6.45, 7) is 6.63. The van der Waals surface area contributed by atoms with Crippen LogP contribution in [0.25, 0.3) is 21.9 Å². The van der Waals surface area contributed by atoms with Gasteiger partial charge in [-0.15, -0.1) is 0 Å². The van der Waals surface area contributed by atoms with Crippen molar-refractivity contribution < 1.29 is 9.18 Å². The van der Waals surface area contributed by atoms with E-state index < -0.39 is 11.6 Å². The van der Waals surface area contributed by atoms with Gasteiger partial charge < -0.3 is 10.2 Å². The summed E-state index contributed by atoms with van der Waals surface area (Å²) in [5, 5.41) is 8.83. The van der Waals surface area contributed by atoms with Crippen molar-refractivity contribution in [1.82, 2.24) is 19.7 Å². The first-order chi connectivity index (χ1) is 15.3. The summed E-state index contributed by atoms with van der Waals surface area (Å²) in [4.78, 5) is 19.4. The SMILES string of the molecule is CC(C)CCCN1CCC(F)(C(=O)Nc2cc3cc(-c4cnn(C)c4)ccc3cn2)CC1. The van der Waals surface area contributed by atoms with Gasteiger partial charge in [-0.3, -0.25) is 9.48 Å². The van der Waals surface area contributed by atoms with Gasteiger partial charge in [0.1, 0.15) is 5.82 Å². The Kier molecular flexibility index (Phi) is 6.55. The molecule has 7 heteroatoms. The van der Waals surface area contributed by atoms with Crippen LogP contribution in [0.5, 0.6) is 0 Å². The van der Waals surface area contributed by atoms with Gasteiger partial charge in [0.15, 0.2) is 5.67 Å². The van der Waals surface area contributed by atoms with Crippen molar-refractivity contribution in [2.24, 2.45) is 13.0 Å². The van der Waals surface area contributed by atoms with E-state index in [2.05, 4.69) is 34.1 Å². The standard InChI is InChI=1S/C25H32FN5O/c1-18(2)5-4-10-31-11-8-25(26,9-12-31)24(32)29-23-14-21-13-19(6-7-20(21)15-27-23)22-16-28-30(3)17-22/h6-7,13-18H,4-5,8-12H2,1-3H3,(H,27,29,32). The molecule has 0 bridgehead atoms. The zero-order valence-electron chi connectivity index (χ0n) is 19.1. The van der Waals surface area contributed by atoms with E-state index in [0.29, 0.717) is 24.8 Å². The molecule has 170 valence electrons. The molecule has 32 heavy (non-hydrogen) atoms. The van der Waals surface area contributed by atoms with Crippen LogP contribution in [0.1, 0.15) is 39.5 Å². The summed E-state index contributed by atoms with van der Waals surface area (Å²) in [6, 6.07) is 7.84. The van der Waals surface area contributed by atoms with Crippen LogP contribution in [-0.4, -0.2) is 50.9 Å². The third-order valence-electron chi connectivity index (χ3n) is 6.31. The number of carbonyl (C=O) groups excluding carboxylic acids is 1. The van der Waals surface area contributed by atoms with Crippen LogP contribution in [0.15, 0.2) is 42.9 Å². The fourth-order valence-corrected chi connectivity index (χ4v) is 4.27. The summed E-state index contributed by atoms with van der Waals surface area (Å²) in [5.41, 5.74) is 0.198. The van der Waals surface area contributed by atoms with Crippen molar-refractivity contribution in [2.45, 2.75) is 45.2 Å². The maximum absolute atomic E-state index is 15.4. The van der Waals surface area contributed by atoms with Crippen LogP contribution in [0.3, 0.4) is 0 Å². The molecule has 1 saturated heterocycles. The Hall–Kier alpha value is -2.80. The van der Waals surface area contributed by atoms with Gasteiger partial charge in [0.05, 0.1) is 6.20 Å². The second-order valence-electron chi connectivity index (χ2n) is 9.33. The fourth-order valence-electron chi connectivity index (χ4n) is 4.27. The number of benzene rings is 1. The van der Waals surface area contributed by atoms with E-state index in [1.54, 1.807) is 16.9 Å². The monoisotopic (exact) mass is 437 g/mol. The molecule has 1 aliphatic heterocycles. The number of rotatable bonds is 7. The number of halogens is 1. The van der Waals surface area contributed by atoms with E-state index in [0.717, 1.165) is 34.9 Å². The molecule has 0 atom stereocenters. The predicted octanol–water partition coefficient (Wildman–Crippen LogP) is 4.81. The number of amides is 1. The van der Waals surface area contributed by atoms with E-state index in [9.17, 15) is 4.79 Å². The van der Waals surface area contributed by atoms with Gasteiger partial charge in [0.25, 0.3) is 5.91 Å². The van der Waals surface area contributed by atoms with Crippen LogP contribution >= 0.6 is 0 Å². The van der Waals surface area contributed by atoms with Gasteiger partial charge >= 0.3 is 0 Å². The van der Waals surface area contributed by atoms with Crippen molar-refractivity contribution in [3.8, 4) is 11.1 Å². The molecule has 0 radical (unpaired) electrons. The molecular weight excluding hydrogens is 405 g/mol. The number of hydrogen-bond donors (Lipinski definition) is 1. The van der Waals surface area contributed by atoms with Gasteiger partial charge in [-0.05, 0) is 48.4 Å². The molecule has 4 rings (SSSR count). The Labute approximate surface area is 188 Å². The van der Waals surface area contributed by atoms with E-state index in [1.165, 1.54) is 6.42 Å². The van der Waals surface area contributed by atoms with E-state index >= 15 is 4.39 Å². The number of alkyl halides is 1. The molecule has 0 spiro atoms. The van der Waals surface area contributed by atoms with E-state index in [1.807, 2.05) is 37.6 Å². The van der Waals surface area contributed by atoms with Crippen molar-refractivity contribution in [1.29, 1.82) is 0 Å². The molecule has 0 saturated carbocycles.